The summed E-state index contributed by atoms with van der Waals surface area (Å²) in [7, 11) is 0. The summed E-state index contributed by atoms with van der Waals surface area (Å²) in [6.07, 6.45) is 8.70. The molecule has 2 rings (SSSR count). The molecule has 0 fully saturated rings. The zero-order valence-corrected chi connectivity index (χ0v) is 12.8. The second kappa shape index (κ2) is 8.41. The minimum Gasteiger partial charge on any atom is -0.298 e. The van der Waals surface area contributed by atoms with Gasteiger partial charge in [0.25, 0.3) is 0 Å². The average molecular weight is 280 g/mol. The number of carbonyl (C=O) groups is 1. The number of benzene rings is 2. The lowest BCUT2D eigenvalue weighted by Gasteiger charge is -2.05. The molecule has 21 heavy (non-hydrogen) atoms. The molecule has 0 aromatic heterocycles. The van der Waals surface area contributed by atoms with Crippen LogP contribution in [-0.2, 0) is 6.42 Å². The van der Waals surface area contributed by atoms with E-state index in [1.54, 1.807) is 0 Å². The van der Waals surface area contributed by atoms with Gasteiger partial charge in [0.05, 0.1) is 0 Å². The lowest BCUT2D eigenvalue weighted by atomic mass is 10.0. The zero-order chi connectivity index (χ0) is 14.9. The molecule has 0 heterocycles. The molecule has 0 aliphatic heterocycles. The Balaban J connectivity index is 1.90. The fraction of sp³-hybridized carbons (Fsp3) is 0.350. The van der Waals surface area contributed by atoms with Gasteiger partial charge in [0.1, 0.15) is 6.29 Å². The van der Waals surface area contributed by atoms with Crippen LogP contribution in [0.15, 0.2) is 48.5 Å². The van der Waals surface area contributed by atoms with Crippen molar-refractivity contribution >= 4 is 6.29 Å². The lowest BCUT2D eigenvalue weighted by molar-refractivity contribution is 0.112. The second-order valence-electron chi connectivity index (χ2n) is 5.60. The van der Waals surface area contributed by atoms with Gasteiger partial charge in [-0.05, 0) is 29.5 Å². The first-order valence-corrected chi connectivity index (χ1v) is 7.98. The van der Waals surface area contributed by atoms with E-state index in [2.05, 4.69) is 31.2 Å². The van der Waals surface area contributed by atoms with Crippen molar-refractivity contribution < 1.29 is 4.79 Å². The molecule has 1 nitrogen and oxygen atoms in total. The van der Waals surface area contributed by atoms with E-state index in [9.17, 15) is 4.79 Å². The molecule has 0 saturated carbocycles. The van der Waals surface area contributed by atoms with Crippen molar-refractivity contribution in [2.24, 2.45) is 0 Å². The van der Waals surface area contributed by atoms with E-state index >= 15 is 0 Å². The molecule has 0 radical (unpaired) electrons. The van der Waals surface area contributed by atoms with Crippen molar-refractivity contribution in [3.8, 4) is 11.1 Å². The van der Waals surface area contributed by atoms with Crippen LogP contribution in [0.5, 0.6) is 0 Å². The molecule has 1 heteroatoms. The molecule has 110 valence electrons. The molecule has 0 N–H and O–H groups in total. The Bertz CT molecular complexity index is 537. The third kappa shape index (κ3) is 4.86. The van der Waals surface area contributed by atoms with E-state index < -0.39 is 0 Å². The van der Waals surface area contributed by atoms with Crippen LogP contribution in [0.1, 0.15) is 54.9 Å². The average Bonchev–Trinajstić information content (AvgIpc) is 2.55. The molecule has 0 amide bonds. The van der Waals surface area contributed by atoms with E-state index in [0.29, 0.717) is 0 Å². The van der Waals surface area contributed by atoms with Gasteiger partial charge in [-0.25, -0.2) is 0 Å². The van der Waals surface area contributed by atoms with Crippen molar-refractivity contribution in [3.63, 3.8) is 0 Å². The Labute approximate surface area is 128 Å². The minimum atomic E-state index is 0.724. The molecule has 0 saturated heterocycles. The molecular weight excluding hydrogens is 256 g/mol. The smallest absolute Gasteiger partial charge is 0.150 e. The van der Waals surface area contributed by atoms with Gasteiger partial charge in [-0.2, -0.15) is 0 Å². The first-order valence-electron chi connectivity index (χ1n) is 7.98. The topological polar surface area (TPSA) is 17.1 Å². The predicted molar refractivity (Wildman–Crippen MR) is 89.7 cm³/mol. The van der Waals surface area contributed by atoms with E-state index in [-0.39, 0.29) is 0 Å². The SMILES string of the molecule is CCCCCCCc1ccc(-c2ccc(C=O)cc2)cc1. The number of hydrogen-bond acceptors (Lipinski definition) is 1. The van der Waals surface area contributed by atoms with Gasteiger partial charge in [-0.15, -0.1) is 0 Å². The van der Waals surface area contributed by atoms with Crippen LogP contribution < -0.4 is 0 Å². The summed E-state index contributed by atoms with van der Waals surface area (Å²) in [5.74, 6) is 0. The van der Waals surface area contributed by atoms with Crippen LogP contribution in [0.4, 0.5) is 0 Å². The number of rotatable bonds is 8. The predicted octanol–water partition coefficient (Wildman–Crippen LogP) is 5.68. The molecular formula is C20H24O. The van der Waals surface area contributed by atoms with Crippen molar-refractivity contribution in [1.82, 2.24) is 0 Å². The summed E-state index contributed by atoms with van der Waals surface area (Å²) in [4.78, 5) is 10.7. The molecule has 0 unspecified atom stereocenters. The molecule has 0 aliphatic carbocycles. The molecule has 0 bridgehead atoms. The van der Waals surface area contributed by atoms with Crippen LogP contribution >= 0.6 is 0 Å². The Hall–Kier alpha value is -1.89. The monoisotopic (exact) mass is 280 g/mol. The standard InChI is InChI=1S/C20H24O/c1-2-3-4-5-6-7-17-8-12-19(13-9-17)20-14-10-18(16-21)11-15-20/h8-16H,2-7H2,1H3. The third-order valence-electron chi connectivity index (χ3n) is 3.90. The van der Waals surface area contributed by atoms with Gasteiger partial charge >= 0.3 is 0 Å². The van der Waals surface area contributed by atoms with Gasteiger partial charge in [-0.3, -0.25) is 4.79 Å². The van der Waals surface area contributed by atoms with Crippen LogP contribution in [0, 0.1) is 0 Å². The van der Waals surface area contributed by atoms with E-state index in [1.807, 2.05) is 24.3 Å². The van der Waals surface area contributed by atoms with Crippen LogP contribution in [-0.4, -0.2) is 6.29 Å². The number of aldehydes is 1. The Kier molecular flexibility index (Phi) is 6.21. The van der Waals surface area contributed by atoms with E-state index in [0.717, 1.165) is 17.4 Å². The van der Waals surface area contributed by atoms with E-state index in [4.69, 9.17) is 0 Å². The third-order valence-corrected chi connectivity index (χ3v) is 3.90. The lowest BCUT2D eigenvalue weighted by Crippen LogP contribution is -1.87. The Morgan fingerprint density at radius 3 is 1.90 bits per heavy atom. The maximum atomic E-state index is 10.7. The first kappa shape index (κ1) is 15.5. The largest absolute Gasteiger partial charge is 0.298 e. The maximum absolute atomic E-state index is 10.7. The second-order valence-corrected chi connectivity index (χ2v) is 5.60. The number of unbranched alkanes of at least 4 members (excludes halogenated alkanes) is 4. The van der Waals surface area contributed by atoms with Crippen molar-refractivity contribution in [3.05, 3.63) is 59.7 Å². The number of hydrogen-bond donors (Lipinski definition) is 0. The van der Waals surface area contributed by atoms with Crippen LogP contribution in [0.25, 0.3) is 11.1 Å². The van der Waals surface area contributed by atoms with Gasteiger partial charge in [0.15, 0.2) is 0 Å². The summed E-state index contributed by atoms with van der Waals surface area (Å²) >= 11 is 0. The molecule has 0 spiro atoms. The molecule has 2 aromatic carbocycles. The molecule has 2 aromatic rings. The van der Waals surface area contributed by atoms with Crippen molar-refractivity contribution in [2.45, 2.75) is 45.4 Å². The normalized spacial score (nSPS) is 10.5. The molecule has 0 aliphatic rings. The fourth-order valence-corrected chi connectivity index (χ4v) is 2.55. The molecule has 0 atom stereocenters. The van der Waals surface area contributed by atoms with Crippen molar-refractivity contribution in [1.29, 1.82) is 0 Å². The number of carbonyl (C=O) groups excluding carboxylic acids is 1. The van der Waals surface area contributed by atoms with Gasteiger partial charge in [0.2, 0.25) is 0 Å². The zero-order valence-electron chi connectivity index (χ0n) is 12.8. The number of aryl methyl sites for hydroxylation is 1. The van der Waals surface area contributed by atoms with Gasteiger partial charge in [-0.1, -0.05) is 81.1 Å². The Morgan fingerprint density at radius 1 is 0.762 bits per heavy atom. The highest BCUT2D eigenvalue weighted by Gasteiger charge is 1.99. The summed E-state index contributed by atoms with van der Waals surface area (Å²) in [6.45, 7) is 2.25. The first-order chi connectivity index (χ1) is 10.3. The van der Waals surface area contributed by atoms with E-state index in [1.165, 1.54) is 49.7 Å². The summed E-state index contributed by atoms with van der Waals surface area (Å²) in [6, 6.07) is 16.5. The van der Waals surface area contributed by atoms with Crippen LogP contribution in [0.3, 0.4) is 0 Å². The highest BCUT2D eigenvalue weighted by atomic mass is 16.1. The maximum Gasteiger partial charge on any atom is 0.150 e. The fourth-order valence-electron chi connectivity index (χ4n) is 2.55. The highest BCUT2D eigenvalue weighted by molar-refractivity contribution is 5.76. The van der Waals surface area contributed by atoms with Crippen LogP contribution in [0.2, 0.25) is 0 Å². The van der Waals surface area contributed by atoms with Crippen molar-refractivity contribution in [2.75, 3.05) is 0 Å². The quantitative estimate of drug-likeness (QED) is 0.449. The highest BCUT2D eigenvalue weighted by Crippen LogP contribution is 2.21. The summed E-state index contributed by atoms with van der Waals surface area (Å²) in [5.41, 5.74) is 4.51. The summed E-state index contributed by atoms with van der Waals surface area (Å²) in [5, 5.41) is 0. The van der Waals surface area contributed by atoms with Gasteiger partial charge < -0.3 is 0 Å². The minimum absolute atomic E-state index is 0.724. The Morgan fingerprint density at radius 2 is 1.33 bits per heavy atom. The van der Waals surface area contributed by atoms with Gasteiger partial charge in [0, 0.05) is 5.56 Å². The summed E-state index contributed by atoms with van der Waals surface area (Å²) < 4.78 is 0.